The Hall–Kier alpha value is -1.18. The summed E-state index contributed by atoms with van der Waals surface area (Å²) in [6.45, 7) is 2.24. The average Bonchev–Trinajstić information content (AvgIpc) is 2.43. The van der Waals surface area contributed by atoms with Gasteiger partial charge in [0, 0.05) is 0 Å². The van der Waals surface area contributed by atoms with E-state index in [4.69, 9.17) is 4.74 Å². The van der Waals surface area contributed by atoms with Gasteiger partial charge in [-0.25, -0.2) is 0 Å². The fraction of sp³-hybridized carbons (Fsp3) is 0.647. The summed E-state index contributed by atoms with van der Waals surface area (Å²) in [5.74, 6) is 1.20. The Morgan fingerprint density at radius 2 is 1.74 bits per heavy atom. The molecule has 0 aromatic heterocycles. The first-order valence-corrected chi connectivity index (χ1v) is 7.72. The molecule has 2 rings (SSSR count). The normalized spacial score (nSPS) is 18.2. The third-order valence-electron chi connectivity index (χ3n) is 4.17. The van der Waals surface area contributed by atoms with Gasteiger partial charge in [0.1, 0.15) is 17.1 Å². The summed E-state index contributed by atoms with van der Waals surface area (Å²) in [6.07, 6.45) is 11.2. The maximum Gasteiger partial charge on any atom is 0.120 e. The van der Waals surface area contributed by atoms with Crippen molar-refractivity contribution in [3.05, 3.63) is 24.3 Å². The molecular weight excluding hydrogens is 236 g/mol. The van der Waals surface area contributed by atoms with Crippen LogP contribution in [0.25, 0.3) is 0 Å². The van der Waals surface area contributed by atoms with Gasteiger partial charge < -0.3 is 9.84 Å². The number of phenolic OH excluding ortho intramolecular Hbond substituents is 1. The minimum Gasteiger partial charge on any atom is -0.508 e. The van der Waals surface area contributed by atoms with Gasteiger partial charge >= 0.3 is 0 Å². The van der Waals surface area contributed by atoms with E-state index >= 15 is 0 Å². The zero-order chi connectivity index (χ0) is 13.6. The van der Waals surface area contributed by atoms with Crippen molar-refractivity contribution < 1.29 is 9.84 Å². The Labute approximate surface area is 116 Å². The van der Waals surface area contributed by atoms with Crippen LogP contribution in [0.5, 0.6) is 11.5 Å². The number of ether oxygens (including phenoxy) is 1. The van der Waals surface area contributed by atoms with Crippen LogP contribution in [0.2, 0.25) is 0 Å². The predicted octanol–water partition coefficient (Wildman–Crippen LogP) is 5.05. The molecule has 1 N–H and O–H groups in total. The number of unbranched alkanes of at least 4 members (excludes halogenated alkanes) is 2. The third kappa shape index (κ3) is 4.15. The molecule has 1 aromatic carbocycles. The van der Waals surface area contributed by atoms with Crippen molar-refractivity contribution in [2.24, 2.45) is 0 Å². The van der Waals surface area contributed by atoms with Crippen molar-refractivity contribution in [3.8, 4) is 11.5 Å². The van der Waals surface area contributed by atoms with E-state index < -0.39 is 0 Å². The summed E-state index contributed by atoms with van der Waals surface area (Å²) in [4.78, 5) is 0. The highest BCUT2D eigenvalue weighted by Gasteiger charge is 2.33. The molecule has 1 fully saturated rings. The molecule has 0 bridgehead atoms. The molecule has 0 atom stereocenters. The minimum absolute atomic E-state index is 0.0460. The van der Waals surface area contributed by atoms with E-state index in [0.29, 0.717) is 5.75 Å². The molecule has 2 heteroatoms. The van der Waals surface area contributed by atoms with Crippen LogP contribution in [0, 0.1) is 0 Å². The van der Waals surface area contributed by atoms with Crippen molar-refractivity contribution in [2.75, 3.05) is 0 Å². The van der Waals surface area contributed by atoms with E-state index in [1.165, 1.54) is 57.8 Å². The average molecular weight is 262 g/mol. The molecule has 1 aromatic rings. The van der Waals surface area contributed by atoms with Crippen molar-refractivity contribution in [1.82, 2.24) is 0 Å². The van der Waals surface area contributed by atoms with Gasteiger partial charge in [0.05, 0.1) is 0 Å². The highest BCUT2D eigenvalue weighted by atomic mass is 16.5. The number of aromatic hydroxyl groups is 1. The lowest BCUT2D eigenvalue weighted by atomic mass is 9.81. The highest BCUT2D eigenvalue weighted by molar-refractivity contribution is 5.30. The van der Waals surface area contributed by atoms with Gasteiger partial charge in [0.15, 0.2) is 0 Å². The standard InChI is InChI=1S/C17H26O2/c1-2-3-5-12-17(13-6-4-7-14-17)19-16-10-8-15(18)9-11-16/h8-11,18H,2-7,12-14H2,1H3. The van der Waals surface area contributed by atoms with Crippen LogP contribution in [0.3, 0.4) is 0 Å². The molecule has 106 valence electrons. The maximum atomic E-state index is 9.34. The second-order valence-corrected chi connectivity index (χ2v) is 5.80. The Morgan fingerprint density at radius 3 is 2.37 bits per heavy atom. The van der Waals surface area contributed by atoms with Crippen molar-refractivity contribution in [3.63, 3.8) is 0 Å². The Morgan fingerprint density at radius 1 is 1.05 bits per heavy atom. The fourth-order valence-corrected chi connectivity index (χ4v) is 3.06. The summed E-state index contributed by atoms with van der Waals surface area (Å²) in [5, 5.41) is 9.34. The second kappa shape index (κ2) is 6.83. The Bertz CT molecular complexity index is 363. The van der Waals surface area contributed by atoms with Gasteiger partial charge in [-0.1, -0.05) is 26.2 Å². The predicted molar refractivity (Wildman–Crippen MR) is 78.7 cm³/mol. The van der Waals surface area contributed by atoms with Gasteiger partial charge in [-0.2, -0.15) is 0 Å². The molecule has 1 aliphatic carbocycles. The van der Waals surface area contributed by atoms with E-state index in [0.717, 1.165) is 5.75 Å². The van der Waals surface area contributed by atoms with Crippen LogP contribution < -0.4 is 4.74 Å². The van der Waals surface area contributed by atoms with Gasteiger partial charge in [-0.3, -0.25) is 0 Å². The largest absolute Gasteiger partial charge is 0.508 e. The zero-order valence-electron chi connectivity index (χ0n) is 12.0. The summed E-state index contributed by atoms with van der Waals surface area (Å²) in [6, 6.07) is 7.17. The summed E-state index contributed by atoms with van der Waals surface area (Å²) in [5.41, 5.74) is 0.0460. The molecule has 1 aliphatic rings. The lowest BCUT2D eigenvalue weighted by molar-refractivity contribution is 0.0196. The molecule has 0 unspecified atom stereocenters. The summed E-state index contributed by atoms with van der Waals surface area (Å²) >= 11 is 0. The number of benzene rings is 1. The van der Waals surface area contributed by atoms with Crippen LogP contribution >= 0.6 is 0 Å². The smallest absolute Gasteiger partial charge is 0.120 e. The SMILES string of the molecule is CCCCCC1(Oc2ccc(O)cc2)CCCCC1. The minimum atomic E-state index is 0.0460. The van der Waals surface area contributed by atoms with Crippen LogP contribution in [-0.4, -0.2) is 10.7 Å². The Kier molecular flexibility index (Phi) is 5.12. The van der Waals surface area contributed by atoms with Crippen LogP contribution in [0.4, 0.5) is 0 Å². The highest BCUT2D eigenvalue weighted by Crippen LogP contribution is 2.37. The van der Waals surface area contributed by atoms with E-state index in [2.05, 4.69) is 6.92 Å². The summed E-state index contributed by atoms with van der Waals surface area (Å²) < 4.78 is 6.33. The van der Waals surface area contributed by atoms with Crippen LogP contribution in [0.15, 0.2) is 24.3 Å². The van der Waals surface area contributed by atoms with Crippen molar-refractivity contribution in [1.29, 1.82) is 0 Å². The lowest BCUT2D eigenvalue weighted by Gasteiger charge is -2.38. The number of hydrogen-bond donors (Lipinski definition) is 1. The topological polar surface area (TPSA) is 29.5 Å². The quantitative estimate of drug-likeness (QED) is 0.726. The van der Waals surface area contributed by atoms with Crippen molar-refractivity contribution in [2.45, 2.75) is 70.3 Å². The molecular formula is C17H26O2. The first-order valence-electron chi connectivity index (χ1n) is 7.72. The third-order valence-corrected chi connectivity index (χ3v) is 4.17. The number of hydrogen-bond acceptors (Lipinski definition) is 2. The van der Waals surface area contributed by atoms with Crippen LogP contribution in [-0.2, 0) is 0 Å². The van der Waals surface area contributed by atoms with E-state index in [1.54, 1.807) is 12.1 Å². The second-order valence-electron chi connectivity index (χ2n) is 5.80. The molecule has 1 saturated carbocycles. The monoisotopic (exact) mass is 262 g/mol. The van der Waals surface area contributed by atoms with E-state index in [1.807, 2.05) is 12.1 Å². The fourth-order valence-electron chi connectivity index (χ4n) is 3.06. The first kappa shape index (κ1) is 14.2. The summed E-state index contributed by atoms with van der Waals surface area (Å²) in [7, 11) is 0. The van der Waals surface area contributed by atoms with Gasteiger partial charge in [0.25, 0.3) is 0 Å². The maximum absolute atomic E-state index is 9.34. The Balaban J connectivity index is 2.01. The zero-order valence-corrected chi connectivity index (χ0v) is 12.0. The van der Waals surface area contributed by atoms with Crippen molar-refractivity contribution >= 4 is 0 Å². The molecule has 0 saturated heterocycles. The molecule has 0 radical (unpaired) electrons. The lowest BCUT2D eigenvalue weighted by Crippen LogP contribution is -2.38. The molecule has 0 amide bonds. The van der Waals surface area contributed by atoms with E-state index in [-0.39, 0.29) is 5.60 Å². The number of phenols is 1. The van der Waals surface area contributed by atoms with Gasteiger partial charge in [-0.05, 0) is 62.8 Å². The van der Waals surface area contributed by atoms with E-state index in [9.17, 15) is 5.11 Å². The van der Waals surface area contributed by atoms with Crippen LogP contribution in [0.1, 0.15) is 64.7 Å². The van der Waals surface area contributed by atoms with Gasteiger partial charge in [-0.15, -0.1) is 0 Å². The molecule has 2 nitrogen and oxygen atoms in total. The van der Waals surface area contributed by atoms with Gasteiger partial charge in [0.2, 0.25) is 0 Å². The molecule has 19 heavy (non-hydrogen) atoms. The molecule has 0 spiro atoms. The number of rotatable bonds is 6. The first-order chi connectivity index (χ1) is 9.24. The molecule has 0 aliphatic heterocycles. The molecule has 0 heterocycles.